The van der Waals surface area contributed by atoms with Crippen molar-refractivity contribution in [3.05, 3.63) is 18.1 Å². The molecule has 0 aliphatic heterocycles. The normalized spacial score (nSPS) is 10.8. The summed E-state index contributed by atoms with van der Waals surface area (Å²) >= 11 is 0. The zero-order valence-electron chi connectivity index (χ0n) is 10.6. The largest absolute Gasteiger partial charge is 0.357 e. The van der Waals surface area contributed by atoms with Crippen molar-refractivity contribution >= 4 is 5.82 Å². The van der Waals surface area contributed by atoms with E-state index >= 15 is 0 Å². The summed E-state index contributed by atoms with van der Waals surface area (Å²) in [7, 11) is 8.08. The third kappa shape index (κ3) is 4.12. The number of hydrogen-bond acceptors (Lipinski definition) is 5. The molecule has 0 aliphatic carbocycles. The van der Waals surface area contributed by atoms with Gasteiger partial charge in [-0.05, 0) is 21.1 Å². The summed E-state index contributed by atoms with van der Waals surface area (Å²) in [6.07, 6.45) is 3.59. The lowest BCUT2D eigenvalue weighted by Gasteiger charge is -2.20. The second kappa shape index (κ2) is 6.40. The number of nitrogens with one attached hydrogen (secondary N) is 1. The minimum absolute atomic E-state index is 0.752. The van der Waals surface area contributed by atoms with Crippen molar-refractivity contribution in [3.63, 3.8) is 0 Å². The lowest BCUT2D eigenvalue weighted by atomic mass is 10.4. The summed E-state index contributed by atoms with van der Waals surface area (Å²) in [5, 5.41) is 3.07. The van der Waals surface area contributed by atoms with E-state index in [-0.39, 0.29) is 0 Å². The molecule has 5 nitrogen and oxygen atoms in total. The topological polar surface area (TPSA) is 44.3 Å². The molecule has 1 N–H and O–H groups in total. The second-order valence-electron chi connectivity index (χ2n) is 4.12. The molecule has 1 heterocycles. The van der Waals surface area contributed by atoms with E-state index in [2.05, 4.69) is 39.2 Å². The Balaban J connectivity index is 2.60. The van der Waals surface area contributed by atoms with Crippen LogP contribution in [0.2, 0.25) is 0 Å². The Kier molecular flexibility index (Phi) is 5.14. The lowest BCUT2D eigenvalue weighted by molar-refractivity contribution is 0.416. The van der Waals surface area contributed by atoms with Crippen LogP contribution >= 0.6 is 0 Å². The molecule has 0 atom stereocenters. The van der Waals surface area contributed by atoms with E-state index in [1.54, 1.807) is 12.4 Å². The summed E-state index contributed by atoms with van der Waals surface area (Å²) in [6, 6.07) is 0. The zero-order chi connectivity index (χ0) is 12.0. The quantitative estimate of drug-likeness (QED) is 0.746. The van der Waals surface area contributed by atoms with Crippen molar-refractivity contribution in [3.8, 4) is 0 Å². The van der Waals surface area contributed by atoms with Crippen LogP contribution in [0.3, 0.4) is 0 Å². The summed E-state index contributed by atoms with van der Waals surface area (Å²) in [5.74, 6) is 0.926. The number of nitrogens with zero attached hydrogens (tertiary/aromatic N) is 4. The van der Waals surface area contributed by atoms with Crippen LogP contribution in [0, 0.1) is 0 Å². The van der Waals surface area contributed by atoms with Gasteiger partial charge in [0, 0.05) is 32.9 Å². The molecule has 1 rings (SSSR count). The van der Waals surface area contributed by atoms with Crippen LogP contribution in [0.1, 0.15) is 5.69 Å². The Morgan fingerprint density at radius 2 is 1.94 bits per heavy atom. The monoisotopic (exact) mass is 223 g/mol. The van der Waals surface area contributed by atoms with Crippen molar-refractivity contribution in [2.24, 2.45) is 0 Å². The van der Waals surface area contributed by atoms with Gasteiger partial charge < -0.3 is 15.1 Å². The molecule has 0 unspecified atom stereocenters. The first-order chi connectivity index (χ1) is 7.63. The van der Waals surface area contributed by atoms with Gasteiger partial charge >= 0.3 is 0 Å². The van der Waals surface area contributed by atoms with Gasteiger partial charge in [0.2, 0.25) is 0 Å². The molecule has 0 aromatic carbocycles. The molecule has 1 aromatic heterocycles. The Morgan fingerprint density at radius 1 is 1.19 bits per heavy atom. The molecule has 16 heavy (non-hydrogen) atoms. The van der Waals surface area contributed by atoms with Gasteiger partial charge in [0.1, 0.15) is 5.82 Å². The Hall–Kier alpha value is -1.20. The van der Waals surface area contributed by atoms with Crippen molar-refractivity contribution in [2.75, 3.05) is 46.2 Å². The molecule has 0 bridgehead atoms. The minimum atomic E-state index is 0.752. The first-order valence-electron chi connectivity index (χ1n) is 5.45. The van der Waals surface area contributed by atoms with Crippen LogP contribution in [0.4, 0.5) is 5.82 Å². The third-order valence-corrected chi connectivity index (χ3v) is 2.30. The highest BCUT2D eigenvalue weighted by atomic mass is 15.2. The van der Waals surface area contributed by atoms with Gasteiger partial charge in [-0.25, -0.2) is 4.98 Å². The predicted octanol–water partition coefficient (Wildman–Crippen LogP) is 0.194. The van der Waals surface area contributed by atoms with E-state index in [1.807, 2.05) is 14.1 Å². The molecule has 0 amide bonds. The molecule has 0 aliphatic rings. The van der Waals surface area contributed by atoms with Crippen LogP contribution in [0.25, 0.3) is 0 Å². The average molecular weight is 223 g/mol. The molecule has 1 aromatic rings. The van der Waals surface area contributed by atoms with Gasteiger partial charge in [-0.1, -0.05) is 0 Å². The van der Waals surface area contributed by atoms with Crippen molar-refractivity contribution in [2.45, 2.75) is 6.54 Å². The summed E-state index contributed by atoms with van der Waals surface area (Å²) in [5.41, 5.74) is 0.969. The fourth-order valence-corrected chi connectivity index (χ4v) is 1.31. The molecule has 90 valence electrons. The lowest BCUT2D eigenvalue weighted by Crippen LogP contribution is -2.29. The maximum absolute atomic E-state index is 4.52. The highest BCUT2D eigenvalue weighted by Gasteiger charge is 2.04. The SMILES string of the molecule is CNCc1cncc(N(C)CCN(C)C)n1. The number of hydrogen-bond donors (Lipinski definition) is 1. The predicted molar refractivity (Wildman–Crippen MR) is 66.6 cm³/mol. The van der Waals surface area contributed by atoms with Crippen LogP contribution in [0.5, 0.6) is 0 Å². The van der Waals surface area contributed by atoms with Gasteiger partial charge in [0.25, 0.3) is 0 Å². The molecule has 0 fully saturated rings. The fraction of sp³-hybridized carbons (Fsp3) is 0.636. The van der Waals surface area contributed by atoms with Crippen molar-refractivity contribution < 1.29 is 0 Å². The van der Waals surface area contributed by atoms with Gasteiger partial charge in [-0.2, -0.15) is 0 Å². The molecule has 0 saturated heterocycles. The number of aromatic nitrogens is 2. The van der Waals surface area contributed by atoms with Crippen molar-refractivity contribution in [1.29, 1.82) is 0 Å². The maximum atomic E-state index is 4.52. The maximum Gasteiger partial charge on any atom is 0.147 e. The van der Waals surface area contributed by atoms with E-state index in [0.29, 0.717) is 0 Å². The van der Waals surface area contributed by atoms with E-state index in [9.17, 15) is 0 Å². The highest BCUT2D eigenvalue weighted by Crippen LogP contribution is 2.07. The first kappa shape index (κ1) is 12.9. The van der Waals surface area contributed by atoms with Crippen molar-refractivity contribution in [1.82, 2.24) is 20.2 Å². The van der Waals surface area contributed by atoms with E-state index in [0.717, 1.165) is 31.1 Å². The minimum Gasteiger partial charge on any atom is -0.357 e. The zero-order valence-corrected chi connectivity index (χ0v) is 10.6. The van der Waals surface area contributed by atoms with Crippen LogP contribution in [-0.4, -0.2) is 56.1 Å². The second-order valence-corrected chi connectivity index (χ2v) is 4.12. The molecule has 0 saturated carbocycles. The number of likely N-dealkylation sites (N-methyl/N-ethyl adjacent to an activating group) is 2. The van der Waals surface area contributed by atoms with Crippen LogP contribution < -0.4 is 10.2 Å². The molecule has 0 radical (unpaired) electrons. The van der Waals surface area contributed by atoms with Gasteiger partial charge in [-0.15, -0.1) is 0 Å². The average Bonchev–Trinajstić information content (AvgIpc) is 2.26. The summed E-state index contributed by atoms with van der Waals surface area (Å²) < 4.78 is 0. The molecule has 0 spiro atoms. The first-order valence-corrected chi connectivity index (χ1v) is 5.45. The third-order valence-electron chi connectivity index (χ3n) is 2.30. The summed E-state index contributed by atoms with van der Waals surface area (Å²) in [4.78, 5) is 13.0. The van der Waals surface area contributed by atoms with Gasteiger partial charge in [0.05, 0.1) is 11.9 Å². The van der Waals surface area contributed by atoms with Gasteiger partial charge in [0.15, 0.2) is 0 Å². The smallest absolute Gasteiger partial charge is 0.147 e. The fourth-order valence-electron chi connectivity index (χ4n) is 1.31. The van der Waals surface area contributed by atoms with Gasteiger partial charge in [-0.3, -0.25) is 4.98 Å². The van der Waals surface area contributed by atoms with E-state index in [4.69, 9.17) is 0 Å². The number of rotatable bonds is 6. The van der Waals surface area contributed by atoms with E-state index in [1.165, 1.54) is 0 Å². The highest BCUT2D eigenvalue weighted by molar-refractivity contribution is 5.34. The summed E-state index contributed by atoms with van der Waals surface area (Å²) in [6.45, 7) is 2.71. The Bertz CT molecular complexity index is 313. The number of anilines is 1. The Labute approximate surface area is 97.5 Å². The Morgan fingerprint density at radius 3 is 2.56 bits per heavy atom. The molecular weight excluding hydrogens is 202 g/mol. The molecule has 5 heteroatoms. The standard InChI is InChI=1S/C11H21N5/c1-12-7-10-8-13-9-11(14-10)16(4)6-5-15(2)3/h8-9,12H,5-7H2,1-4H3. The van der Waals surface area contributed by atoms with Crippen LogP contribution in [0.15, 0.2) is 12.4 Å². The van der Waals surface area contributed by atoms with Crippen LogP contribution in [-0.2, 0) is 6.54 Å². The van der Waals surface area contributed by atoms with E-state index < -0.39 is 0 Å². The molecular formula is C11H21N5.